The SMILES string of the molecule is CN(C)C(=O)N(CC(=O)O)C(C)(C)C. The third-order valence-electron chi connectivity index (χ3n) is 1.72. The first kappa shape index (κ1) is 12.7. The molecule has 0 rings (SSSR count). The summed E-state index contributed by atoms with van der Waals surface area (Å²) in [6.07, 6.45) is 0. The Kier molecular flexibility index (Phi) is 3.92. The molecule has 0 fully saturated rings. The van der Waals surface area contributed by atoms with Crippen molar-refractivity contribution in [3.63, 3.8) is 0 Å². The van der Waals surface area contributed by atoms with E-state index in [1.807, 2.05) is 0 Å². The maximum Gasteiger partial charge on any atom is 0.323 e. The first-order valence-electron chi connectivity index (χ1n) is 4.37. The number of carboxylic acids is 1. The van der Waals surface area contributed by atoms with Crippen molar-refractivity contribution < 1.29 is 14.7 Å². The van der Waals surface area contributed by atoms with Crippen molar-refractivity contribution in [1.29, 1.82) is 0 Å². The summed E-state index contributed by atoms with van der Waals surface area (Å²) in [7, 11) is 3.20. The zero-order valence-corrected chi connectivity index (χ0v) is 9.37. The van der Waals surface area contributed by atoms with Gasteiger partial charge in [0.15, 0.2) is 0 Å². The Bertz CT molecular complexity index is 231. The Balaban J connectivity index is 4.73. The molecule has 0 aromatic carbocycles. The van der Waals surface area contributed by atoms with Gasteiger partial charge in [0.25, 0.3) is 0 Å². The molecule has 14 heavy (non-hydrogen) atoms. The summed E-state index contributed by atoms with van der Waals surface area (Å²) in [5.74, 6) is -1.00. The number of nitrogens with zero attached hydrogens (tertiary/aromatic N) is 2. The fourth-order valence-electron chi connectivity index (χ4n) is 0.968. The molecule has 0 radical (unpaired) electrons. The zero-order valence-electron chi connectivity index (χ0n) is 9.37. The zero-order chi connectivity index (χ0) is 11.5. The van der Waals surface area contributed by atoms with Crippen LogP contribution in [0.4, 0.5) is 4.79 Å². The largest absolute Gasteiger partial charge is 0.480 e. The van der Waals surface area contributed by atoms with Crippen molar-refractivity contribution in [3.8, 4) is 0 Å². The van der Waals surface area contributed by atoms with Gasteiger partial charge in [0, 0.05) is 19.6 Å². The topological polar surface area (TPSA) is 60.9 Å². The van der Waals surface area contributed by atoms with Crippen molar-refractivity contribution in [2.45, 2.75) is 26.3 Å². The lowest BCUT2D eigenvalue weighted by atomic mass is 10.1. The molecule has 5 heteroatoms. The van der Waals surface area contributed by atoms with Crippen LogP contribution in [0, 0.1) is 0 Å². The molecule has 82 valence electrons. The van der Waals surface area contributed by atoms with Crippen LogP contribution in [0.3, 0.4) is 0 Å². The fourth-order valence-corrected chi connectivity index (χ4v) is 0.968. The number of rotatable bonds is 2. The number of hydrogen-bond donors (Lipinski definition) is 1. The van der Waals surface area contributed by atoms with E-state index in [1.165, 1.54) is 9.80 Å². The van der Waals surface area contributed by atoms with Gasteiger partial charge in [-0.05, 0) is 20.8 Å². The number of urea groups is 1. The molecule has 0 aromatic rings. The van der Waals surface area contributed by atoms with E-state index in [9.17, 15) is 9.59 Å². The Hall–Kier alpha value is -1.26. The molecule has 0 saturated heterocycles. The average molecular weight is 202 g/mol. The third kappa shape index (κ3) is 3.64. The molecule has 0 aromatic heterocycles. The Labute approximate surface area is 84.3 Å². The standard InChI is InChI=1S/C9H18N2O3/c1-9(2,3)11(6-7(12)13)8(14)10(4)5/h6H2,1-5H3,(H,12,13). The molecular weight excluding hydrogens is 184 g/mol. The smallest absolute Gasteiger partial charge is 0.323 e. The number of carbonyl (C=O) groups excluding carboxylic acids is 1. The normalized spacial score (nSPS) is 10.9. The second-order valence-corrected chi connectivity index (χ2v) is 4.33. The van der Waals surface area contributed by atoms with Crippen LogP contribution in [0.15, 0.2) is 0 Å². The van der Waals surface area contributed by atoms with Gasteiger partial charge in [-0.1, -0.05) is 0 Å². The number of carbonyl (C=O) groups is 2. The van der Waals surface area contributed by atoms with E-state index in [2.05, 4.69) is 0 Å². The molecule has 0 saturated carbocycles. The molecule has 0 aliphatic carbocycles. The maximum absolute atomic E-state index is 11.6. The predicted molar refractivity (Wildman–Crippen MR) is 53.2 cm³/mol. The molecule has 0 aliphatic rings. The first-order chi connectivity index (χ1) is 6.16. The highest BCUT2D eigenvalue weighted by Crippen LogP contribution is 2.14. The van der Waals surface area contributed by atoms with Crippen molar-refractivity contribution >= 4 is 12.0 Å². The minimum absolute atomic E-state index is 0.277. The van der Waals surface area contributed by atoms with Crippen LogP contribution >= 0.6 is 0 Å². The van der Waals surface area contributed by atoms with Gasteiger partial charge in [-0.2, -0.15) is 0 Å². The van der Waals surface area contributed by atoms with Gasteiger partial charge in [-0.3, -0.25) is 4.79 Å². The van der Waals surface area contributed by atoms with E-state index in [0.717, 1.165) is 0 Å². The summed E-state index contributed by atoms with van der Waals surface area (Å²) in [5.41, 5.74) is -0.486. The van der Waals surface area contributed by atoms with Crippen LogP contribution in [0.2, 0.25) is 0 Å². The number of aliphatic carboxylic acids is 1. The third-order valence-corrected chi connectivity index (χ3v) is 1.72. The molecule has 5 nitrogen and oxygen atoms in total. The summed E-state index contributed by atoms with van der Waals surface area (Å²) in [5, 5.41) is 8.67. The lowest BCUT2D eigenvalue weighted by Crippen LogP contribution is -2.51. The second-order valence-electron chi connectivity index (χ2n) is 4.33. The summed E-state index contributed by atoms with van der Waals surface area (Å²) in [4.78, 5) is 24.9. The highest BCUT2D eigenvalue weighted by Gasteiger charge is 2.29. The first-order valence-corrected chi connectivity index (χ1v) is 4.37. The quantitative estimate of drug-likeness (QED) is 0.722. The van der Waals surface area contributed by atoms with Gasteiger partial charge < -0.3 is 14.9 Å². The van der Waals surface area contributed by atoms with E-state index >= 15 is 0 Å². The second kappa shape index (κ2) is 4.30. The minimum atomic E-state index is -1.00. The van der Waals surface area contributed by atoms with E-state index in [-0.39, 0.29) is 12.6 Å². The number of carboxylic acid groups (broad SMARTS) is 1. The highest BCUT2D eigenvalue weighted by atomic mass is 16.4. The van der Waals surface area contributed by atoms with Crippen LogP contribution in [0.25, 0.3) is 0 Å². The minimum Gasteiger partial charge on any atom is -0.480 e. The fraction of sp³-hybridized carbons (Fsp3) is 0.778. The summed E-state index contributed by atoms with van der Waals surface area (Å²) >= 11 is 0. The van der Waals surface area contributed by atoms with Gasteiger partial charge in [0.2, 0.25) is 0 Å². The van der Waals surface area contributed by atoms with E-state index in [4.69, 9.17) is 5.11 Å². The van der Waals surface area contributed by atoms with Gasteiger partial charge in [-0.15, -0.1) is 0 Å². The Morgan fingerprint density at radius 1 is 1.21 bits per heavy atom. The predicted octanol–water partition coefficient (Wildman–Crippen LogP) is 0.853. The molecule has 0 unspecified atom stereocenters. The molecule has 1 N–H and O–H groups in total. The summed E-state index contributed by atoms with van der Waals surface area (Å²) in [6, 6.07) is -0.292. The van der Waals surface area contributed by atoms with Crippen LogP contribution in [0.1, 0.15) is 20.8 Å². The van der Waals surface area contributed by atoms with E-state index in [1.54, 1.807) is 34.9 Å². The van der Waals surface area contributed by atoms with Crippen LogP contribution < -0.4 is 0 Å². The molecule has 2 amide bonds. The van der Waals surface area contributed by atoms with Gasteiger partial charge in [-0.25, -0.2) is 4.79 Å². The van der Waals surface area contributed by atoms with Crippen molar-refractivity contribution in [2.24, 2.45) is 0 Å². The Morgan fingerprint density at radius 3 is 1.86 bits per heavy atom. The summed E-state index contributed by atoms with van der Waals surface area (Å²) in [6.45, 7) is 5.13. The van der Waals surface area contributed by atoms with Gasteiger partial charge in [0.05, 0.1) is 0 Å². The lowest BCUT2D eigenvalue weighted by Gasteiger charge is -2.36. The lowest BCUT2D eigenvalue weighted by molar-refractivity contribution is -0.138. The average Bonchev–Trinajstić information content (AvgIpc) is 1.96. The molecule has 0 bridgehead atoms. The van der Waals surface area contributed by atoms with Crippen molar-refractivity contribution in [3.05, 3.63) is 0 Å². The highest BCUT2D eigenvalue weighted by molar-refractivity contribution is 5.80. The molecule has 0 aliphatic heterocycles. The van der Waals surface area contributed by atoms with Crippen LogP contribution in [0.5, 0.6) is 0 Å². The molecular formula is C9H18N2O3. The maximum atomic E-state index is 11.6. The summed E-state index contributed by atoms with van der Waals surface area (Å²) < 4.78 is 0. The van der Waals surface area contributed by atoms with Crippen molar-refractivity contribution in [1.82, 2.24) is 9.80 Å². The molecule has 0 atom stereocenters. The monoisotopic (exact) mass is 202 g/mol. The van der Waals surface area contributed by atoms with Gasteiger partial charge in [0.1, 0.15) is 6.54 Å². The number of amides is 2. The van der Waals surface area contributed by atoms with E-state index < -0.39 is 11.5 Å². The molecule has 0 spiro atoms. The Morgan fingerprint density at radius 2 is 1.64 bits per heavy atom. The van der Waals surface area contributed by atoms with Crippen LogP contribution in [-0.4, -0.2) is 53.1 Å². The number of hydrogen-bond acceptors (Lipinski definition) is 2. The van der Waals surface area contributed by atoms with Gasteiger partial charge >= 0.3 is 12.0 Å². The van der Waals surface area contributed by atoms with Crippen molar-refractivity contribution in [2.75, 3.05) is 20.6 Å². The van der Waals surface area contributed by atoms with E-state index in [0.29, 0.717) is 0 Å². The van der Waals surface area contributed by atoms with Crippen LogP contribution in [-0.2, 0) is 4.79 Å². The molecule has 0 heterocycles.